The van der Waals surface area contributed by atoms with Crippen molar-refractivity contribution < 1.29 is 22.0 Å². The van der Waals surface area contributed by atoms with Gasteiger partial charge in [-0.05, 0) is 18.2 Å². The van der Waals surface area contributed by atoms with Crippen molar-refractivity contribution in [2.75, 3.05) is 18.8 Å². The molecule has 0 saturated carbocycles. The van der Waals surface area contributed by atoms with Crippen LogP contribution in [0.15, 0.2) is 22.6 Å². The second-order valence-electron chi connectivity index (χ2n) is 6.50. The number of thiophene rings is 1. The van der Waals surface area contributed by atoms with Gasteiger partial charge in [0.15, 0.2) is 17.3 Å². The maximum Gasteiger partial charge on any atom is 0.295 e. The van der Waals surface area contributed by atoms with Crippen LogP contribution in [-0.2, 0) is 6.54 Å². The SMILES string of the molecule is Nc1nc(-c2ccc(C(F)F)o2)nc2sc(CN3CCC(F)(F)CC3)cc12. The molecule has 3 aromatic rings. The Morgan fingerprint density at radius 3 is 2.63 bits per heavy atom. The Morgan fingerprint density at radius 2 is 1.96 bits per heavy atom. The van der Waals surface area contributed by atoms with E-state index < -0.39 is 18.1 Å². The number of aromatic nitrogens is 2. The standard InChI is InChI=1S/C17H16F4N4OS/c18-13(19)11-1-2-12(26-11)15-23-14(22)10-7-9(27-16(10)24-15)8-25-5-3-17(20,21)4-6-25/h1-2,7,13H,3-6,8H2,(H2,22,23,24). The van der Waals surface area contributed by atoms with Crippen LogP contribution >= 0.6 is 11.3 Å². The van der Waals surface area contributed by atoms with E-state index in [-0.39, 0.29) is 30.2 Å². The van der Waals surface area contributed by atoms with Gasteiger partial charge in [0, 0.05) is 37.4 Å². The van der Waals surface area contributed by atoms with E-state index in [1.807, 2.05) is 11.0 Å². The van der Waals surface area contributed by atoms with E-state index in [2.05, 4.69) is 9.97 Å². The lowest BCUT2D eigenvalue weighted by molar-refractivity contribution is -0.0564. The summed E-state index contributed by atoms with van der Waals surface area (Å²) in [6.07, 6.45) is -3.01. The zero-order chi connectivity index (χ0) is 19.2. The fourth-order valence-electron chi connectivity index (χ4n) is 3.03. The highest BCUT2D eigenvalue weighted by atomic mass is 32.1. The third kappa shape index (κ3) is 3.77. The van der Waals surface area contributed by atoms with E-state index in [1.54, 1.807) is 0 Å². The average Bonchev–Trinajstić information content (AvgIpc) is 3.24. The van der Waals surface area contributed by atoms with Crippen LogP contribution in [0.3, 0.4) is 0 Å². The van der Waals surface area contributed by atoms with E-state index in [0.29, 0.717) is 29.9 Å². The number of hydrogen-bond acceptors (Lipinski definition) is 6. The van der Waals surface area contributed by atoms with Crippen LogP contribution in [0.4, 0.5) is 23.4 Å². The summed E-state index contributed by atoms with van der Waals surface area (Å²) >= 11 is 1.38. The van der Waals surface area contributed by atoms with Crippen LogP contribution in [0.2, 0.25) is 0 Å². The smallest absolute Gasteiger partial charge is 0.295 e. The molecule has 4 rings (SSSR count). The molecule has 0 atom stereocenters. The minimum Gasteiger partial charge on any atom is -0.452 e. The average molecular weight is 400 g/mol. The van der Waals surface area contributed by atoms with Gasteiger partial charge in [-0.15, -0.1) is 11.3 Å². The zero-order valence-electron chi connectivity index (χ0n) is 14.1. The molecule has 0 bridgehead atoms. The molecule has 0 amide bonds. The Bertz CT molecular complexity index is 961. The Balaban J connectivity index is 1.58. The molecule has 0 spiro atoms. The van der Waals surface area contributed by atoms with Crippen molar-refractivity contribution >= 4 is 27.4 Å². The highest BCUT2D eigenvalue weighted by molar-refractivity contribution is 7.18. The quantitative estimate of drug-likeness (QED) is 0.643. The van der Waals surface area contributed by atoms with Gasteiger partial charge in [0.05, 0.1) is 5.39 Å². The first-order valence-electron chi connectivity index (χ1n) is 8.35. The van der Waals surface area contributed by atoms with Crippen molar-refractivity contribution in [3.63, 3.8) is 0 Å². The van der Waals surface area contributed by atoms with E-state index in [0.717, 1.165) is 4.88 Å². The topological polar surface area (TPSA) is 68.2 Å². The van der Waals surface area contributed by atoms with Gasteiger partial charge in [-0.2, -0.15) is 0 Å². The number of hydrogen-bond donors (Lipinski definition) is 1. The summed E-state index contributed by atoms with van der Waals surface area (Å²) in [4.78, 5) is 12.0. The van der Waals surface area contributed by atoms with Gasteiger partial charge in [0.2, 0.25) is 0 Å². The molecule has 0 aromatic carbocycles. The zero-order valence-corrected chi connectivity index (χ0v) is 14.9. The molecule has 1 aliphatic heterocycles. The molecule has 0 radical (unpaired) electrons. The number of nitrogen functional groups attached to an aromatic ring is 1. The number of piperidine rings is 1. The lowest BCUT2D eigenvalue weighted by Gasteiger charge is -2.31. The molecule has 4 heterocycles. The van der Waals surface area contributed by atoms with Crippen molar-refractivity contribution in [3.05, 3.63) is 28.8 Å². The number of nitrogens with zero attached hydrogens (tertiary/aromatic N) is 3. The predicted octanol–water partition coefficient (Wildman–Crippen LogP) is 4.70. The molecule has 144 valence electrons. The van der Waals surface area contributed by atoms with Gasteiger partial charge in [0.25, 0.3) is 12.3 Å². The van der Waals surface area contributed by atoms with Gasteiger partial charge in [-0.1, -0.05) is 0 Å². The molecule has 0 aliphatic carbocycles. The van der Waals surface area contributed by atoms with Crippen LogP contribution < -0.4 is 5.73 Å². The van der Waals surface area contributed by atoms with Gasteiger partial charge >= 0.3 is 0 Å². The van der Waals surface area contributed by atoms with Crippen LogP contribution in [0.25, 0.3) is 21.8 Å². The molecule has 1 saturated heterocycles. The molecule has 27 heavy (non-hydrogen) atoms. The van der Waals surface area contributed by atoms with Gasteiger partial charge < -0.3 is 10.2 Å². The van der Waals surface area contributed by atoms with Crippen molar-refractivity contribution in [2.24, 2.45) is 0 Å². The highest BCUT2D eigenvalue weighted by Gasteiger charge is 2.34. The first kappa shape index (κ1) is 18.2. The minimum atomic E-state index is -2.72. The van der Waals surface area contributed by atoms with E-state index in [4.69, 9.17) is 10.2 Å². The number of alkyl halides is 4. The number of nitrogens with two attached hydrogens (primary N) is 1. The number of furan rings is 1. The van der Waals surface area contributed by atoms with Crippen LogP contribution in [0.5, 0.6) is 0 Å². The number of rotatable bonds is 4. The van der Waals surface area contributed by atoms with E-state index in [9.17, 15) is 17.6 Å². The summed E-state index contributed by atoms with van der Waals surface area (Å²) in [6.45, 7) is 1.19. The van der Waals surface area contributed by atoms with Crippen molar-refractivity contribution in [2.45, 2.75) is 31.7 Å². The van der Waals surface area contributed by atoms with Crippen molar-refractivity contribution in [1.29, 1.82) is 0 Å². The largest absolute Gasteiger partial charge is 0.452 e. The fraction of sp³-hybridized carbons (Fsp3) is 0.412. The lowest BCUT2D eigenvalue weighted by Crippen LogP contribution is -2.38. The van der Waals surface area contributed by atoms with Crippen LogP contribution in [0.1, 0.15) is 29.9 Å². The molecular formula is C17H16F4N4OS. The number of anilines is 1. The Hall–Kier alpha value is -2.20. The van der Waals surface area contributed by atoms with Crippen LogP contribution in [-0.4, -0.2) is 33.9 Å². The van der Waals surface area contributed by atoms with Crippen LogP contribution in [0, 0.1) is 0 Å². The summed E-state index contributed by atoms with van der Waals surface area (Å²) in [5, 5.41) is 0.654. The third-order valence-electron chi connectivity index (χ3n) is 4.50. The summed E-state index contributed by atoms with van der Waals surface area (Å²) in [7, 11) is 0. The van der Waals surface area contributed by atoms with Gasteiger partial charge in [0.1, 0.15) is 10.6 Å². The minimum absolute atomic E-state index is 0.118. The molecule has 10 heteroatoms. The second kappa shape index (κ2) is 6.75. The van der Waals surface area contributed by atoms with Crippen molar-refractivity contribution in [3.8, 4) is 11.6 Å². The summed E-state index contributed by atoms with van der Waals surface area (Å²) in [6, 6.07) is 4.40. The predicted molar refractivity (Wildman–Crippen MR) is 93.9 cm³/mol. The number of halogens is 4. The molecule has 1 fully saturated rings. The summed E-state index contributed by atoms with van der Waals surface area (Å²) in [5.41, 5.74) is 6.00. The molecule has 5 nitrogen and oxygen atoms in total. The van der Waals surface area contributed by atoms with E-state index in [1.165, 1.54) is 23.5 Å². The second-order valence-corrected chi connectivity index (χ2v) is 7.61. The first-order chi connectivity index (χ1) is 12.8. The highest BCUT2D eigenvalue weighted by Crippen LogP contribution is 2.34. The normalized spacial score (nSPS) is 17.8. The lowest BCUT2D eigenvalue weighted by atomic mass is 10.1. The van der Waals surface area contributed by atoms with Gasteiger partial charge in [-0.25, -0.2) is 27.5 Å². The summed E-state index contributed by atoms with van der Waals surface area (Å²) < 4.78 is 57.0. The Morgan fingerprint density at radius 1 is 1.22 bits per heavy atom. The monoisotopic (exact) mass is 400 g/mol. The molecule has 1 aliphatic rings. The first-order valence-corrected chi connectivity index (χ1v) is 9.17. The maximum atomic E-state index is 13.3. The van der Waals surface area contributed by atoms with E-state index >= 15 is 0 Å². The van der Waals surface area contributed by atoms with Crippen molar-refractivity contribution in [1.82, 2.24) is 14.9 Å². The molecule has 2 N–H and O–H groups in total. The Kier molecular flexibility index (Phi) is 4.55. The molecule has 0 unspecified atom stereocenters. The number of likely N-dealkylation sites (tertiary alicyclic amines) is 1. The molecular weight excluding hydrogens is 384 g/mol. The van der Waals surface area contributed by atoms with Gasteiger partial charge in [-0.3, -0.25) is 4.90 Å². The third-order valence-corrected chi connectivity index (χ3v) is 5.52. The molecule has 3 aromatic heterocycles. The number of fused-ring (bicyclic) bond motifs is 1. The fourth-order valence-corrected chi connectivity index (χ4v) is 4.11. The summed E-state index contributed by atoms with van der Waals surface area (Å²) in [5.74, 6) is -2.56. The Labute approximate surface area is 155 Å². The maximum absolute atomic E-state index is 13.3.